The van der Waals surface area contributed by atoms with E-state index in [0.29, 0.717) is 0 Å². The number of hydrogen-bond acceptors (Lipinski definition) is 5. The molecule has 0 spiro atoms. The summed E-state index contributed by atoms with van der Waals surface area (Å²) < 4.78 is 53.7. The van der Waals surface area contributed by atoms with Gasteiger partial charge in [0.25, 0.3) is 5.56 Å². The monoisotopic (exact) mass is 449 g/mol. The maximum absolute atomic E-state index is 14.4. The lowest BCUT2D eigenvalue weighted by Gasteiger charge is -2.14. The fraction of sp³-hybridized carbons (Fsp3) is 0.333. The minimum absolute atomic E-state index is 0.00179. The maximum atomic E-state index is 14.4. The van der Waals surface area contributed by atoms with Crippen molar-refractivity contribution in [2.24, 2.45) is 12.2 Å². The number of rotatable bonds is 6. The number of oxime groups is 1. The van der Waals surface area contributed by atoms with Crippen molar-refractivity contribution < 1.29 is 27.2 Å². The number of nitrogens with zero attached hydrogens (tertiary/aromatic N) is 3. The highest BCUT2D eigenvalue weighted by atomic mass is 35.5. The van der Waals surface area contributed by atoms with Gasteiger partial charge in [0.15, 0.2) is 11.9 Å². The van der Waals surface area contributed by atoms with Crippen LogP contribution in [0.1, 0.15) is 31.5 Å². The molecule has 0 radical (unpaired) electrons. The summed E-state index contributed by atoms with van der Waals surface area (Å²) in [4.78, 5) is 41.0. The molecule has 0 aliphatic heterocycles. The summed E-state index contributed by atoms with van der Waals surface area (Å²) in [7, 11) is 0.803. The van der Waals surface area contributed by atoms with Crippen LogP contribution in [-0.4, -0.2) is 27.2 Å². The molecule has 1 aromatic carbocycles. The van der Waals surface area contributed by atoms with Crippen LogP contribution in [0.3, 0.4) is 0 Å². The summed E-state index contributed by atoms with van der Waals surface area (Å²) in [6.07, 6.45) is -4.57. The molecule has 0 N–H and O–H groups in total. The molecule has 2 aromatic rings. The van der Waals surface area contributed by atoms with Crippen LogP contribution in [-0.2, 0) is 22.9 Å². The molecule has 162 valence electrons. The number of alkyl halides is 3. The predicted octanol–water partition coefficient (Wildman–Crippen LogP) is 3.07. The van der Waals surface area contributed by atoms with Gasteiger partial charge in [-0.05, 0) is 19.1 Å². The summed E-state index contributed by atoms with van der Waals surface area (Å²) >= 11 is 5.92. The second-order valence-electron chi connectivity index (χ2n) is 6.17. The molecule has 0 fully saturated rings. The molecule has 30 heavy (non-hydrogen) atoms. The SMILES string of the molecule is CCC(=O)[C@@H](C)O/N=C/c1cc(-n2c(=O)cc(C(F)(F)F)n(C)c2=O)c(F)cc1Cl. The van der Waals surface area contributed by atoms with Gasteiger partial charge in [-0.3, -0.25) is 14.2 Å². The molecule has 2 rings (SSSR count). The molecule has 0 unspecified atom stereocenters. The van der Waals surface area contributed by atoms with Gasteiger partial charge in [0.2, 0.25) is 0 Å². The van der Waals surface area contributed by atoms with Gasteiger partial charge in [-0.15, -0.1) is 0 Å². The number of ketones is 1. The van der Waals surface area contributed by atoms with Gasteiger partial charge in [0, 0.05) is 25.1 Å². The third kappa shape index (κ3) is 4.78. The van der Waals surface area contributed by atoms with Crippen molar-refractivity contribution in [2.75, 3.05) is 0 Å². The van der Waals surface area contributed by atoms with Gasteiger partial charge in [-0.25, -0.2) is 13.8 Å². The molecule has 1 atom stereocenters. The molecule has 0 saturated heterocycles. The Labute approximate surface area is 172 Å². The highest BCUT2D eigenvalue weighted by Gasteiger charge is 2.35. The van der Waals surface area contributed by atoms with Gasteiger partial charge in [0.05, 0.1) is 16.9 Å². The molecule has 7 nitrogen and oxygen atoms in total. The highest BCUT2D eigenvalue weighted by molar-refractivity contribution is 6.33. The zero-order valence-electron chi connectivity index (χ0n) is 16.0. The van der Waals surface area contributed by atoms with E-state index in [0.717, 1.165) is 25.4 Å². The highest BCUT2D eigenvalue weighted by Crippen LogP contribution is 2.27. The van der Waals surface area contributed by atoms with Crippen molar-refractivity contribution >= 4 is 23.6 Å². The first kappa shape index (κ1) is 23.3. The zero-order valence-corrected chi connectivity index (χ0v) is 16.7. The van der Waals surface area contributed by atoms with E-state index in [1.165, 1.54) is 6.92 Å². The first-order valence-electron chi connectivity index (χ1n) is 8.50. The van der Waals surface area contributed by atoms with E-state index >= 15 is 0 Å². The third-order valence-electron chi connectivity index (χ3n) is 4.13. The third-order valence-corrected chi connectivity index (χ3v) is 4.46. The molecule has 12 heteroatoms. The van der Waals surface area contributed by atoms with Crippen LogP contribution < -0.4 is 11.2 Å². The molecule has 1 heterocycles. The van der Waals surface area contributed by atoms with Gasteiger partial charge < -0.3 is 4.84 Å². The summed E-state index contributed by atoms with van der Waals surface area (Å²) in [6.45, 7) is 3.10. The molecule has 0 amide bonds. The molecule has 1 aromatic heterocycles. The van der Waals surface area contributed by atoms with Crippen molar-refractivity contribution in [1.29, 1.82) is 0 Å². The van der Waals surface area contributed by atoms with Gasteiger partial charge in [-0.1, -0.05) is 23.7 Å². The van der Waals surface area contributed by atoms with Gasteiger partial charge >= 0.3 is 11.9 Å². The quantitative estimate of drug-likeness (QED) is 0.385. The predicted molar refractivity (Wildman–Crippen MR) is 101 cm³/mol. The second-order valence-corrected chi connectivity index (χ2v) is 6.58. The molecule has 0 aliphatic carbocycles. The molecule has 0 bridgehead atoms. The van der Waals surface area contributed by atoms with Crippen molar-refractivity contribution in [2.45, 2.75) is 32.5 Å². The minimum atomic E-state index is -4.95. The van der Waals surface area contributed by atoms with Gasteiger partial charge in [-0.2, -0.15) is 13.2 Å². The molecular formula is C18H16ClF4N3O4. The Morgan fingerprint density at radius 1 is 1.30 bits per heavy atom. The maximum Gasteiger partial charge on any atom is 0.431 e. The Bertz CT molecular complexity index is 1120. The van der Waals surface area contributed by atoms with Crippen molar-refractivity contribution in [1.82, 2.24) is 9.13 Å². The fourth-order valence-electron chi connectivity index (χ4n) is 2.47. The van der Waals surface area contributed by atoms with Crippen LogP contribution in [0, 0.1) is 5.82 Å². The topological polar surface area (TPSA) is 82.7 Å². The van der Waals surface area contributed by atoms with E-state index in [-0.39, 0.29) is 38.0 Å². The summed E-state index contributed by atoms with van der Waals surface area (Å²) in [6, 6.07) is 1.90. The first-order chi connectivity index (χ1) is 13.9. The van der Waals surface area contributed by atoms with Gasteiger partial charge in [0.1, 0.15) is 11.5 Å². The second kappa shape index (κ2) is 8.82. The van der Waals surface area contributed by atoms with E-state index in [9.17, 15) is 31.9 Å². The summed E-state index contributed by atoms with van der Waals surface area (Å²) in [5, 5.41) is 3.40. The summed E-state index contributed by atoms with van der Waals surface area (Å²) in [5.74, 6) is -1.34. The number of carbonyl (C=O) groups excluding carboxylic acids is 1. The Kier molecular flexibility index (Phi) is 6.86. The lowest BCUT2D eigenvalue weighted by atomic mass is 10.2. The largest absolute Gasteiger partial charge is 0.431 e. The lowest BCUT2D eigenvalue weighted by molar-refractivity contribution is -0.144. The average molecular weight is 450 g/mol. The number of halogens is 5. The standard InChI is InChI=1S/C18H16ClF4N3O4/c1-4-14(27)9(2)30-24-8-10-5-13(12(20)6-11(10)19)26-16(28)7-15(18(21,22)23)25(3)17(26)29/h5-9H,4H2,1-3H3/b24-8+/t9-/m1/s1. The Balaban J connectivity index is 2.56. The number of hydrogen-bond donors (Lipinski definition) is 0. The molecule has 0 saturated carbocycles. The van der Waals surface area contributed by atoms with Crippen LogP contribution in [0.25, 0.3) is 5.69 Å². The van der Waals surface area contributed by atoms with Crippen LogP contribution in [0.2, 0.25) is 5.02 Å². The van der Waals surface area contributed by atoms with Crippen LogP contribution >= 0.6 is 11.6 Å². The number of carbonyl (C=O) groups is 1. The smallest absolute Gasteiger partial charge is 0.385 e. The van der Waals surface area contributed by atoms with E-state index in [4.69, 9.17) is 16.4 Å². The Morgan fingerprint density at radius 3 is 2.50 bits per heavy atom. The normalized spacial score (nSPS) is 12.9. The van der Waals surface area contributed by atoms with Crippen molar-refractivity contribution in [3.63, 3.8) is 0 Å². The van der Waals surface area contributed by atoms with E-state index < -0.39 is 40.7 Å². The number of aromatic nitrogens is 2. The van der Waals surface area contributed by atoms with Crippen molar-refractivity contribution in [3.8, 4) is 5.69 Å². The lowest BCUT2D eigenvalue weighted by Crippen LogP contribution is -2.41. The fourth-order valence-corrected chi connectivity index (χ4v) is 2.67. The van der Waals surface area contributed by atoms with Crippen LogP contribution in [0.5, 0.6) is 0 Å². The summed E-state index contributed by atoms with van der Waals surface area (Å²) in [5.41, 5.74) is -4.89. The first-order valence-corrected chi connectivity index (χ1v) is 8.87. The van der Waals surface area contributed by atoms with Crippen molar-refractivity contribution in [3.05, 3.63) is 61.1 Å². The molecular weight excluding hydrogens is 434 g/mol. The van der Waals surface area contributed by atoms with Crippen LogP contribution in [0.4, 0.5) is 17.6 Å². The van der Waals surface area contributed by atoms with E-state index in [2.05, 4.69) is 5.16 Å². The van der Waals surface area contributed by atoms with E-state index in [1.807, 2.05) is 0 Å². The van der Waals surface area contributed by atoms with E-state index in [1.54, 1.807) is 6.92 Å². The average Bonchev–Trinajstić information content (AvgIpc) is 2.65. The Morgan fingerprint density at radius 2 is 1.93 bits per heavy atom. The Hall–Kier alpha value is -2.95. The molecule has 0 aliphatic rings. The zero-order chi connectivity index (χ0) is 22.8. The van der Waals surface area contributed by atoms with Crippen LogP contribution in [0.15, 0.2) is 32.9 Å². The number of benzene rings is 1. The minimum Gasteiger partial charge on any atom is -0.385 e. The number of Topliss-reactive ketones (excluding diaryl/α,β-unsaturated/α-hetero) is 1.